The SMILES string of the molecule is CCC(CC)(CN)NS(=O)(=O)c1ccc(C(=O)OC)cc1C.Cl. The predicted molar refractivity (Wildman–Crippen MR) is 92.5 cm³/mol. The fourth-order valence-electron chi connectivity index (χ4n) is 2.26. The van der Waals surface area contributed by atoms with Crippen molar-refractivity contribution in [2.24, 2.45) is 5.73 Å². The van der Waals surface area contributed by atoms with Gasteiger partial charge < -0.3 is 10.5 Å². The van der Waals surface area contributed by atoms with Gasteiger partial charge in [-0.1, -0.05) is 13.8 Å². The zero-order valence-corrected chi connectivity index (χ0v) is 15.5. The Morgan fingerprint density at radius 3 is 2.26 bits per heavy atom. The molecule has 0 saturated carbocycles. The maximum Gasteiger partial charge on any atom is 0.337 e. The van der Waals surface area contributed by atoms with Gasteiger partial charge in [-0.05, 0) is 43.5 Å². The van der Waals surface area contributed by atoms with E-state index in [-0.39, 0.29) is 23.8 Å². The molecule has 0 unspecified atom stereocenters. The lowest BCUT2D eigenvalue weighted by molar-refractivity contribution is 0.0600. The van der Waals surface area contributed by atoms with Crippen molar-refractivity contribution in [1.29, 1.82) is 0 Å². The van der Waals surface area contributed by atoms with Gasteiger partial charge in [0.25, 0.3) is 0 Å². The van der Waals surface area contributed by atoms with E-state index in [1.54, 1.807) is 6.92 Å². The van der Waals surface area contributed by atoms with Gasteiger partial charge in [0.05, 0.1) is 17.6 Å². The summed E-state index contributed by atoms with van der Waals surface area (Å²) < 4.78 is 32.6. The minimum Gasteiger partial charge on any atom is -0.465 e. The van der Waals surface area contributed by atoms with Crippen LogP contribution < -0.4 is 10.5 Å². The van der Waals surface area contributed by atoms with Gasteiger partial charge in [-0.25, -0.2) is 17.9 Å². The molecule has 0 atom stereocenters. The topological polar surface area (TPSA) is 98.5 Å². The number of hydrogen-bond acceptors (Lipinski definition) is 5. The summed E-state index contributed by atoms with van der Waals surface area (Å²) in [6.07, 6.45) is 1.19. The van der Waals surface area contributed by atoms with E-state index in [9.17, 15) is 13.2 Å². The predicted octanol–water partition coefficient (Wildman–Crippen LogP) is 2.00. The molecule has 1 rings (SSSR count). The van der Waals surface area contributed by atoms with E-state index in [0.717, 1.165) is 0 Å². The molecule has 23 heavy (non-hydrogen) atoms. The summed E-state index contributed by atoms with van der Waals surface area (Å²) in [6, 6.07) is 4.36. The lowest BCUT2D eigenvalue weighted by Crippen LogP contribution is -2.52. The van der Waals surface area contributed by atoms with Gasteiger partial charge in [-0.3, -0.25) is 0 Å². The van der Waals surface area contributed by atoms with Crippen molar-refractivity contribution in [2.45, 2.75) is 44.0 Å². The monoisotopic (exact) mass is 364 g/mol. The Kier molecular flexibility index (Phi) is 8.20. The number of methoxy groups -OCH3 is 1. The maximum atomic E-state index is 12.6. The number of aryl methyl sites for hydroxylation is 1. The molecule has 0 saturated heterocycles. The normalized spacial score (nSPS) is 11.7. The largest absolute Gasteiger partial charge is 0.465 e. The number of benzene rings is 1. The van der Waals surface area contributed by atoms with Crippen molar-refractivity contribution in [3.8, 4) is 0 Å². The zero-order valence-electron chi connectivity index (χ0n) is 13.9. The lowest BCUT2D eigenvalue weighted by Gasteiger charge is -2.31. The highest BCUT2D eigenvalue weighted by atomic mass is 35.5. The van der Waals surface area contributed by atoms with E-state index in [1.165, 1.54) is 25.3 Å². The first-order valence-corrected chi connectivity index (χ1v) is 8.66. The molecule has 0 aromatic heterocycles. The number of carbonyl (C=O) groups is 1. The molecule has 0 heterocycles. The number of rotatable bonds is 7. The Labute approximate surface area is 144 Å². The number of halogens is 1. The van der Waals surface area contributed by atoms with Crippen LogP contribution in [0.4, 0.5) is 0 Å². The van der Waals surface area contributed by atoms with Crippen molar-refractivity contribution in [2.75, 3.05) is 13.7 Å². The van der Waals surface area contributed by atoms with Crippen LogP contribution in [-0.2, 0) is 14.8 Å². The summed E-state index contributed by atoms with van der Waals surface area (Å²) in [7, 11) is -2.44. The lowest BCUT2D eigenvalue weighted by atomic mass is 9.95. The van der Waals surface area contributed by atoms with Gasteiger partial charge in [-0.2, -0.15) is 0 Å². The van der Waals surface area contributed by atoms with Crippen molar-refractivity contribution in [3.05, 3.63) is 29.3 Å². The molecule has 132 valence electrons. The molecule has 1 aromatic carbocycles. The standard InChI is InChI=1S/C15H24N2O4S.ClH/c1-5-15(6-2,10-16)17-22(19,20)13-8-7-12(9-11(13)3)14(18)21-4;/h7-9,17H,5-6,10,16H2,1-4H3;1H. The van der Waals surface area contributed by atoms with Gasteiger partial charge in [-0.15, -0.1) is 12.4 Å². The molecule has 0 aliphatic rings. The third-order valence-electron chi connectivity index (χ3n) is 3.98. The van der Waals surface area contributed by atoms with Crippen LogP contribution in [0.1, 0.15) is 42.6 Å². The summed E-state index contributed by atoms with van der Waals surface area (Å²) in [5.74, 6) is -0.501. The molecule has 0 aliphatic carbocycles. The molecule has 0 fully saturated rings. The summed E-state index contributed by atoms with van der Waals surface area (Å²) in [6.45, 7) is 5.65. The highest BCUT2D eigenvalue weighted by Crippen LogP contribution is 2.22. The van der Waals surface area contributed by atoms with E-state index >= 15 is 0 Å². The van der Waals surface area contributed by atoms with E-state index in [1.807, 2.05) is 13.8 Å². The summed E-state index contributed by atoms with van der Waals surface area (Å²) in [5, 5.41) is 0. The average molecular weight is 365 g/mol. The summed E-state index contributed by atoms with van der Waals surface area (Å²) in [4.78, 5) is 11.6. The Morgan fingerprint density at radius 2 is 1.87 bits per heavy atom. The van der Waals surface area contributed by atoms with Crippen molar-refractivity contribution in [3.63, 3.8) is 0 Å². The first kappa shape index (κ1) is 21.9. The van der Waals surface area contributed by atoms with Crippen LogP contribution in [0.25, 0.3) is 0 Å². The molecule has 0 aliphatic heterocycles. The van der Waals surface area contributed by atoms with Gasteiger partial charge >= 0.3 is 5.97 Å². The van der Waals surface area contributed by atoms with Crippen LogP contribution in [0.5, 0.6) is 0 Å². The smallest absolute Gasteiger partial charge is 0.337 e. The van der Waals surface area contributed by atoms with Crippen LogP contribution in [-0.4, -0.2) is 33.6 Å². The Balaban J connectivity index is 0.00000484. The fourth-order valence-corrected chi connectivity index (χ4v) is 4.04. The zero-order chi connectivity index (χ0) is 17.0. The fraction of sp³-hybridized carbons (Fsp3) is 0.533. The van der Waals surface area contributed by atoms with Crippen molar-refractivity contribution in [1.82, 2.24) is 4.72 Å². The third-order valence-corrected chi connectivity index (χ3v) is 5.72. The number of sulfonamides is 1. The van der Waals surface area contributed by atoms with Crippen LogP contribution in [0, 0.1) is 6.92 Å². The first-order valence-electron chi connectivity index (χ1n) is 7.18. The van der Waals surface area contributed by atoms with Gasteiger partial charge in [0, 0.05) is 12.1 Å². The molecule has 0 spiro atoms. The molecule has 6 nitrogen and oxygen atoms in total. The van der Waals surface area contributed by atoms with Gasteiger partial charge in [0.1, 0.15) is 0 Å². The first-order chi connectivity index (χ1) is 10.2. The van der Waals surface area contributed by atoms with Crippen LogP contribution in [0.15, 0.2) is 23.1 Å². The minimum absolute atomic E-state index is 0. The molecule has 0 bridgehead atoms. The molecular weight excluding hydrogens is 340 g/mol. The second-order valence-electron chi connectivity index (χ2n) is 5.27. The maximum absolute atomic E-state index is 12.6. The van der Waals surface area contributed by atoms with E-state index in [2.05, 4.69) is 9.46 Å². The second kappa shape index (κ2) is 8.63. The molecular formula is C15H25ClN2O4S. The number of ether oxygens (including phenoxy) is 1. The van der Waals surface area contributed by atoms with Gasteiger partial charge in [0.15, 0.2) is 0 Å². The Bertz CT molecular complexity index is 635. The molecule has 3 N–H and O–H groups in total. The molecule has 8 heteroatoms. The van der Waals surface area contributed by atoms with Crippen molar-refractivity contribution < 1.29 is 17.9 Å². The molecule has 0 amide bonds. The summed E-state index contributed by atoms with van der Waals surface area (Å²) >= 11 is 0. The summed E-state index contributed by atoms with van der Waals surface area (Å²) in [5.41, 5.74) is 5.88. The average Bonchev–Trinajstić information content (AvgIpc) is 2.51. The quantitative estimate of drug-likeness (QED) is 0.721. The molecule has 1 aromatic rings. The number of nitrogens with one attached hydrogen (secondary N) is 1. The van der Waals surface area contributed by atoms with E-state index < -0.39 is 21.5 Å². The van der Waals surface area contributed by atoms with Crippen LogP contribution in [0.3, 0.4) is 0 Å². The molecule has 0 radical (unpaired) electrons. The highest BCUT2D eigenvalue weighted by Gasteiger charge is 2.31. The number of carbonyl (C=O) groups excluding carboxylic acids is 1. The number of hydrogen-bond donors (Lipinski definition) is 2. The minimum atomic E-state index is -3.72. The Hall–Kier alpha value is -1.15. The van der Waals surface area contributed by atoms with Crippen LogP contribution >= 0.6 is 12.4 Å². The van der Waals surface area contributed by atoms with Crippen molar-refractivity contribution >= 4 is 28.4 Å². The van der Waals surface area contributed by atoms with E-state index in [0.29, 0.717) is 24.0 Å². The van der Waals surface area contributed by atoms with E-state index in [4.69, 9.17) is 5.73 Å². The number of nitrogens with two attached hydrogens (primary N) is 1. The third kappa shape index (κ3) is 4.91. The highest BCUT2D eigenvalue weighted by molar-refractivity contribution is 7.89. The Morgan fingerprint density at radius 1 is 1.30 bits per heavy atom. The second-order valence-corrected chi connectivity index (χ2v) is 6.92. The van der Waals surface area contributed by atoms with Gasteiger partial charge in [0.2, 0.25) is 10.0 Å². The van der Waals surface area contributed by atoms with Crippen LogP contribution in [0.2, 0.25) is 0 Å². The number of esters is 1.